The van der Waals surface area contributed by atoms with Gasteiger partial charge in [-0.1, -0.05) is 13.8 Å². The predicted molar refractivity (Wildman–Crippen MR) is 79.8 cm³/mol. The van der Waals surface area contributed by atoms with E-state index in [0.29, 0.717) is 0 Å². The van der Waals surface area contributed by atoms with Gasteiger partial charge in [0, 0.05) is 26.2 Å². The van der Waals surface area contributed by atoms with Crippen molar-refractivity contribution in [2.24, 2.45) is 0 Å². The third-order valence-corrected chi connectivity index (χ3v) is 3.99. The van der Waals surface area contributed by atoms with Crippen LogP contribution < -0.4 is 5.32 Å². The molecule has 1 aliphatic heterocycles. The quantitative estimate of drug-likeness (QED) is 0.717. The highest BCUT2D eigenvalue weighted by Crippen LogP contribution is 2.23. The third kappa shape index (κ3) is 5.38. The number of rotatable bonds is 7. The van der Waals surface area contributed by atoms with Crippen molar-refractivity contribution in [3.05, 3.63) is 0 Å². The van der Waals surface area contributed by atoms with Crippen molar-refractivity contribution in [3.63, 3.8) is 0 Å². The molecule has 0 amide bonds. The van der Waals surface area contributed by atoms with Gasteiger partial charge in [0.25, 0.3) is 0 Å². The number of ether oxygens (including phenoxy) is 2. The summed E-state index contributed by atoms with van der Waals surface area (Å²) < 4.78 is 10.5. The SMILES string of the molecule is COC(=O)C(CCN1CCCC(C)(OC)C1)NC(C)C. The molecule has 0 aromatic rings. The Morgan fingerprint density at radius 1 is 1.40 bits per heavy atom. The number of nitrogens with zero attached hydrogens (tertiary/aromatic N) is 1. The van der Waals surface area contributed by atoms with Crippen molar-refractivity contribution in [3.8, 4) is 0 Å². The molecular weight excluding hydrogens is 256 g/mol. The lowest BCUT2D eigenvalue weighted by Crippen LogP contribution is -2.49. The van der Waals surface area contributed by atoms with Gasteiger partial charge < -0.3 is 19.7 Å². The van der Waals surface area contributed by atoms with Gasteiger partial charge in [-0.3, -0.25) is 4.79 Å². The first kappa shape index (κ1) is 17.4. The van der Waals surface area contributed by atoms with E-state index >= 15 is 0 Å². The smallest absolute Gasteiger partial charge is 0.322 e. The van der Waals surface area contributed by atoms with Gasteiger partial charge in [-0.15, -0.1) is 0 Å². The summed E-state index contributed by atoms with van der Waals surface area (Å²) in [7, 11) is 3.22. The largest absolute Gasteiger partial charge is 0.468 e. The van der Waals surface area contributed by atoms with Crippen molar-refractivity contribution in [2.45, 2.75) is 57.7 Å². The average molecular weight is 286 g/mol. The Labute approximate surface area is 123 Å². The molecule has 2 unspecified atom stereocenters. The van der Waals surface area contributed by atoms with Crippen LogP contribution in [0.1, 0.15) is 40.0 Å². The molecule has 5 heteroatoms. The molecular formula is C15H30N2O3. The number of likely N-dealkylation sites (tertiary alicyclic amines) is 1. The lowest BCUT2D eigenvalue weighted by molar-refractivity contribution is -0.143. The molecule has 5 nitrogen and oxygen atoms in total. The molecule has 1 aliphatic rings. The maximum absolute atomic E-state index is 11.8. The van der Waals surface area contributed by atoms with E-state index in [0.717, 1.165) is 38.9 Å². The lowest BCUT2D eigenvalue weighted by Gasteiger charge is -2.39. The summed E-state index contributed by atoms with van der Waals surface area (Å²) >= 11 is 0. The zero-order valence-electron chi connectivity index (χ0n) is 13.6. The Hall–Kier alpha value is -0.650. The molecule has 0 aromatic heterocycles. The number of piperidine rings is 1. The highest BCUT2D eigenvalue weighted by atomic mass is 16.5. The maximum Gasteiger partial charge on any atom is 0.322 e. The van der Waals surface area contributed by atoms with Gasteiger partial charge in [-0.05, 0) is 32.7 Å². The zero-order chi connectivity index (χ0) is 15.2. The fourth-order valence-corrected chi connectivity index (χ4v) is 2.79. The van der Waals surface area contributed by atoms with Crippen LogP contribution in [0.4, 0.5) is 0 Å². The average Bonchev–Trinajstić information content (AvgIpc) is 2.42. The van der Waals surface area contributed by atoms with Crippen molar-refractivity contribution >= 4 is 5.97 Å². The van der Waals surface area contributed by atoms with Crippen LogP contribution in [-0.2, 0) is 14.3 Å². The second-order valence-corrected chi connectivity index (χ2v) is 6.22. The Balaban J connectivity index is 2.48. The summed E-state index contributed by atoms with van der Waals surface area (Å²) in [4.78, 5) is 14.2. The summed E-state index contributed by atoms with van der Waals surface area (Å²) in [5.74, 6) is -0.176. The molecule has 2 atom stereocenters. The third-order valence-electron chi connectivity index (χ3n) is 3.99. The molecule has 0 bridgehead atoms. The van der Waals surface area contributed by atoms with Gasteiger partial charge in [0.2, 0.25) is 0 Å². The Bertz CT molecular complexity index is 309. The molecule has 1 rings (SSSR count). The van der Waals surface area contributed by atoms with Crippen LogP contribution in [0, 0.1) is 0 Å². The summed E-state index contributed by atoms with van der Waals surface area (Å²) in [6.07, 6.45) is 3.01. The van der Waals surface area contributed by atoms with Crippen molar-refractivity contribution in [1.82, 2.24) is 10.2 Å². The van der Waals surface area contributed by atoms with Crippen LogP contribution in [0.5, 0.6) is 0 Å². The summed E-state index contributed by atoms with van der Waals surface area (Å²) in [5.41, 5.74) is -0.0511. The van der Waals surface area contributed by atoms with Crippen LogP contribution in [0.3, 0.4) is 0 Å². The first-order valence-electron chi connectivity index (χ1n) is 7.51. The Morgan fingerprint density at radius 2 is 2.10 bits per heavy atom. The standard InChI is InChI=1S/C15H30N2O3/c1-12(2)16-13(14(18)19-4)7-10-17-9-6-8-15(3,11-17)20-5/h12-13,16H,6-11H2,1-5H3. The molecule has 1 saturated heterocycles. The van der Waals surface area contributed by atoms with Gasteiger partial charge in [-0.25, -0.2) is 0 Å². The van der Waals surface area contributed by atoms with E-state index in [-0.39, 0.29) is 23.7 Å². The van der Waals surface area contributed by atoms with Gasteiger partial charge in [0.15, 0.2) is 0 Å². The number of esters is 1. The Morgan fingerprint density at radius 3 is 2.65 bits per heavy atom. The van der Waals surface area contributed by atoms with Crippen LogP contribution in [0.25, 0.3) is 0 Å². The molecule has 118 valence electrons. The molecule has 0 spiro atoms. The van der Waals surface area contributed by atoms with Crippen LogP contribution in [-0.4, -0.2) is 62.4 Å². The number of carbonyl (C=O) groups excluding carboxylic acids is 1. The van der Waals surface area contributed by atoms with Crippen LogP contribution in [0.15, 0.2) is 0 Å². The van der Waals surface area contributed by atoms with Crippen molar-refractivity contribution in [1.29, 1.82) is 0 Å². The molecule has 0 saturated carbocycles. The topological polar surface area (TPSA) is 50.8 Å². The summed E-state index contributed by atoms with van der Waals surface area (Å²) in [6, 6.07) is 0.0421. The van der Waals surface area contributed by atoms with Crippen molar-refractivity contribution in [2.75, 3.05) is 33.9 Å². The first-order chi connectivity index (χ1) is 9.40. The number of hydrogen-bond acceptors (Lipinski definition) is 5. The molecule has 1 N–H and O–H groups in total. The fraction of sp³-hybridized carbons (Fsp3) is 0.933. The summed E-state index contributed by atoms with van der Waals surface area (Å²) in [5, 5.41) is 3.27. The second-order valence-electron chi connectivity index (χ2n) is 6.22. The van der Waals surface area contributed by atoms with Gasteiger partial charge in [-0.2, -0.15) is 0 Å². The minimum atomic E-state index is -0.226. The second kappa shape index (κ2) is 7.96. The monoisotopic (exact) mass is 286 g/mol. The minimum Gasteiger partial charge on any atom is -0.468 e. The first-order valence-corrected chi connectivity index (χ1v) is 7.51. The van der Waals surface area contributed by atoms with Gasteiger partial charge in [0.05, 0.1) is 12.7 Å². The molecule has 0 aromatic carbocycles. The Kier molecular flexibility index (Phi) is 6.92. The molecule has 0 aliphatic carbocycles. The van der Waals surface area contributed by atoms with E-state index < -0.39 is 0 Å². The van der Waals surface area contributed by atoms with Crippen LogP contribution >= 0.6 is 0 Å². The normalized spacial score (nSPS) is 25.7. The van der Waals surface area contributed by atoms with E-state index in [2.05, 4.69) is 17.1 Å². The van der Waals surface area contributed by atoms with E-state index in [9.17, 15) is 4.79 Å². The summed E-state index contributed by atoms with van der Waals surface area (Å²) in [6.45, 7) is 9.13. The fourth-order valence-electron chi connectivity index (χ4n) is 2.79. The zero-order valence-corrected chi connectivity index (χ0v) is 13.6. The van der Waals surface area contributed by atoms with E-state index in [4.69, 9.17) is 9.47 Å². The molecule has 0 radical (unpaired) electrons. The van der Waals surface area contributed by atoms with E-state index in [1.165, 1.54) is 7.11 Å². The van der Waals surface area contributed by atoms with Crippen molar-refractivity contribution < 1.29 is 14.3 Å². The molecule has 1 fully saturated rings. The highest BCUT2D eigenvalue weighted by molar-refractivity contribution is 5.75. The number of carbonyl (C=O) groups is 1. The van der Waals surface area contributed by atoms with E-state index in [1.54, 1.807) is 7.11 Å². The number of methoxy groups -OCH3 is 2. The number of nitrogens with one attached hydrogen (secondary N) is 1. The van der Waals surface area contributed by atoms with Crippen LogP contribution in [0.2, 0.25) is 0 Å². The maximum atomic E-state index is 11.8. The number of hydrogen-bond donors (Lipinski definition) is 1. The molecule has 20 heavy (non-hydrogen) atoms. The molecule has 1 heterocycles. The lowest BCUT2D eigenvalue weighted by atomic mass is 9.94. The minimum absolute atomic E-state index is 0.0511. The van der Waals surface area contributed by atoms with Gasteiger partial charge >= 0.3 is 5.97 Å². The van der Waals surface area contributed by atoms with E-state index in [1.807, 2.05) is 13.8 Å². The predicted octanol–water partition coefficient (Wildman–Crippen LogP) is 1.42. The van der Waals surface area contributed by atoms with Gasteiger partial charge in [0.1, 0.15) is 6.04 Å². The highest BCUT2D eigenvalue weighted by Gasteiger charge is 2.31.